The number of nitrogens with zero attached hydrogens (tertiary/aromatic N) is 6. The summed E-state index contributed by atoms with van der Waals surface area (Å²) in [7, 11) is 3.18. The topological polar surface area (TPSA) is 171 Å². The second kappa shape index (κ2) is 19.4. The van der Waals surface area contributed by atoms with E-state index >= 15 is 0 Å². The molecule has 4 aromatic rings. The van der Waals surface area contributed by atoms with Crippen LogP contribution in [0, 0.1) is 11.3 Å². The number of hydrogen-bond donors (Lipinski definition) is 3. The van der Waals surface area contributed by atoms with Gasteiger partial charge in [0.15, 0.2) is 0 Å². The van der Waals surface area contributed by atoms with Crippen molar-refractivity contribution in [3.63, 3.8) is 0 Å². The van der Waals surface area contributed by atoms with Crippen LogP contribution in [-0.2, 0) is 43.2 Å². The maximum absolute atomic E-state index is 14.4. The number of ether oxygens (including phenoxy) is 2. The fourth-order valence-electron chi connectivity index (χ4n) is 8.30. The smallest absolute Gasteiger partial charge is 0.320 e. The summed E-state index contributed by atoms with van der Waals surface area (Å²) >= 11 is 1.32. The van der Waals surface area contributed by atoms with Crippen LogP contribution in [0.4, 0.5) is 9.28 Å². The van der Waals surface area contributed by atoms with Crippen LogP contribution >= 0.6 is 11.3 Å². The Morgan fingerprint density at radius 2 is 1.92 bits per heavy atom. The molecule has 1 fully saturated rings. The minimum atomic E-state index is -1.26. The number of esters is 1. The predicted molar refractivity (Wildman–Crippen MR) is 231 cm³/mol. The fraction of sp³-hybridized carbons (Fsp3) is 0.545. The normalized spacial score (nSPS) is 19.1. The molecule has 61 heavy (non-hydrogen) atoms. The Labute approximate surface area is 360 Å². The van der Waals surface area contributed by atoms with Crippen molar-refractivity contribution in [2.75, 3.05) is 40.4 Å². The van der Waals surface area contributed by atoms with Gasteiger partial charge in [0.05, 0.1) is 54.0 Å². The molecule has 4 amide bonds. The molecule has 0 radical (unpaired) electrons. The van der Waals surface area contributed by atoms with E-state index in [0.29, 0.717) is 30.1 Å². The molecule has 0 spiro atoms. The van der Waals surface area contributed by atoms with E-state index in [-0.39, 0.29) is 57.5 Å². The Morgan fingerprint density at radius 1 is 1.16 bits per heavy atom. The number of halogens is 1. The van der Waals surface area contributed by atoms with Crippen LogP contribution in [0.1, 0.15) is 83.2 Å². The number of urea groups is 1. The summed E-state index contributed by atoms with van der Waals surface area (Å²) in [5.74, 6) is -2.09. The Balaban J connectivity index is 1.42. The second-order valence-corrected chi connectivity index (χ2v) is 18.1. The molecule has 5 heterocycles. The molecule has 1 unspecified atom stereocenters. The number of carbonyl (C=O) groups excluding carboxylic acids is 4. The van der Waals surface area contributed by atoms with Gasteiger partial charge in [-0.3, -0.25) is 19.4 Å². The van der Waals surface area contributed by atoms with E-state index in [2.05, 4.69) is 48.9 Å². The number of aryl methyl sites for hydroxylation is 1. The molecule has 2 aliphatic rings. The third-order valence-electron chi connectivity index (χ3n) is 11.6. The van der Waals surface area contributed by atoms with Gasteiger partial charge in [-0.2, -0.15) is 0 Å². The number of β-amino-alcohol motifs (C(OH)–C–C–N with tert-alkyl or cyclic N) is 1. The van der Waals surface area contributed by atoms with E-state index in [0.717, 1.165) is 44.0 Å². The van der Waals surface area contributed by atoms with Gasteiger partial charge in [-0.1, -0.05) is 39.4 Å². The zero-order chi connectivity index (χ0) is 44.2. The average Bonchev–Trinajstić information content (AvgIpc) is 3.81. The predicted octanol–water partition coefficient (Wildman–Crippen LogP) is 5.85. The zero-order valence-corrected chi connectivity index (χ0v) is 37.2. The highest BCUT2D eigenvalue weighted by Crippen LogP contribution is 2.42. The van der Waals surface area contributed by atoms with Crippen LogP contribution in [-0.4, -0.2) is 117 Å². The van der Waals surface area contributed by atoms with Crippen LogP contribution in [0.25, 0.3) is 33.4 Å². The van der Waals surface area contributed by atoms with Crippen molar-refractivity contribution < 1.29 is 38.2 Å². The molecule has 3 atom stereocenters. The van der Waals surface area contributed by atoms with Gasteiger partial charge in [0.1, 0.15) is 12.1 Å². The largest absolute Gasteiger partial charge is 0.465 e. The van der Waals surface area contributed by atoms with Gasteiger partial charge >= 0.3 is 12.0 Å². The van der Waals surface area contributed by atoms with E-state index in [1.165, 1.54) is 33.8 Å². The number of rotatable bonds is 9. The molecule has 6 rings (SSSR count). The highest BCUT2D eigenvalue weighted by Gasteiger charge is 2.39. The van der Waals surface area contributed by atoms with Crippen molar-refractivity contribution in [1.82, 2.24) is 40.3 Å². The van der Waals surface area contributed by atoms with Gasteiger partial charge in [-0.15, -0.1) is 15.8 Å². The van der Waals surface area contributed by atoms with Gasteiger partial charge in [0.2, 0.25) is 5.91 Å². The van der Waals surface area contributed by atoms with E-state index in [1.54, 1.807) is 27.2 Å². The van der Waals surface area contributed by atoms with Gasteiger partial charge in [0.25, 0.3) is 5.91 Å². The van der Waals surface area contributed by atoms with E-state index in [4.69, 9.17) is 19.4 Å². The number of fused-ring (bicyclic) bond motifs is 4. The molecular weight excluding hydrogens is 804 g/mol. The summed E-state index contributed by atoms with van der Waals surface area (Å²) in [6.07, 6.45) is 2.05. The maximum Gasteiger partial charge on any atom is 0.320 e. The molecule has 2 aliphatic heterocycles. The number of amides is 4. The standard InChI is InChI=1S/C44H59FN8O7S/c1-9-52-35-16-15-28-19-31(35)32(40(52)30-13-12-17-46-38(30)27(4)59-8)21-44(5,6)25-60-37(55)14-10-11-18-53(49-45)42(57)33(20-36-47-34(28)24-61-36)48-41(56)39(26(2)3)50(7)43(58)51-22-29(54)23-51/h12-13,15-17,19,24,26-27,29,33,39,49,54H,9-11,14,18,20-23,25H2,1-8H3,(H,48,56)/t27-,33-,39?/m0/s1. The molecular formula is C44H59FN8O7S. The lowest BCUT2D eigenvalue weighted by molar-refractivity contribution is -0.147. The highest BCUT2D eigenvalue weighted by molar-refractivity contribution is 7.10. The van der Waals surface area contributed by atoms with Crippen LogP contribution in [0.5, 0.6) is 0 Å². The number of benzene rings is 1. The third-order valence-corrected chi connectivity index (χ3v) is 12.4. The lowest BCUT2D eigenvalue weighted by Gasteiger charge is -2.41. The molecule has 4 bridgehead atoms. The van der Waals surface area contributed by atoms with Crippen molar-refractivity contribution in [3.8, 4) is 22.5 Å². The lowest BCUT2D eigenvalue weighted by atomic mass is 9.84. The quantitative estimate of drug-likeness (QED) is 0.137. The van der Waals surface area contributed by atoms with Crippen molar-refractivity contribution in [2.45, 2.75) is 104 Å². The summed E-state index contributed by atoms with van der Waals surface area (Å²) in [5.41, 5.74) is 7.37. The highest BCUT2D eigenvalue weighted by atomic mass is 32.1. The maximum atomic E-state index is 14.4. The number of likely N-dealkylation sites (N-methyl/N-ethyl adjacent to an activating group) is 1. The first-order valence-electron chi connectivity index (χ1n) is 21.0. The summed E-state index contributed by atoms with van der Waals surface area (Å²) in [6.45, 7) is 12.9. The van der Waals surface area contributed by atoms with Crippen molar-refractivity contribution in [2.24, 2.45) is 11.3 Å². The number of aliphatic hydroxyl groups is 1. The monoisotopic (exact) mass is 862 g/mol. The lowest BCUT2D eigenvalue weighted by Crippen LogP contribution is -2.62. The molecule has 3 aromatic heterocycles. The number of thiazole rings is 1. The summed E-state index contributed by atoms with van der Waals surface area (Å²) < 4.78 is 28.3. The first-order chi connectivity index (χ1) is 29.1. The molecule has 15 nitrogen and oxygen atoms in total. The van der Waals surface area contributed by atoms with Gasteiger partial charge in [-0.05, 0) is 68.9 Å². The SMILES string of the molecule is CCn1c(-c2cccnc2[C@H](C)OC)c2c3cc(ccc31)-c1csc(n1)C[C@H](NC(=O)C(C(C)C)N(C)C(=O)N1CC(O)C1)C(=O)N(NF)CCCCC(=O)OCC(C)(C)C2. The van der Waals surface area contributed by atoms with Crippen LogP contribution in [0.3, 0.4) is 0 Å². The number of pyridine rings is 1. The van der Waals surface area contributed by atoms with Crippen molar-refractivity contribution in [1.29, 1.82) is 0 Å². The minimum Gasteiger partial charge on any atom is -0.465 e. The van der Waals surface area contributed by atoms with E-state index in [1.807, 2.05) is 24.4 Å². The Morgan fingerprint density at radius 3 is 2.59 bits per heavy atom. The second-order valence-electron chi connectivity index (χ2n) is 17.2. The van der Waals surface area contributed by atoms with Crippen molar-refractivity contribution in [3.05, 3.63) is 58.2 Å². The van der Waals surface area contributed by atoms with E-state index in [9.17, 15) is 28.8 Å². The number of aliphatic hydroxyl groups excluding tert-OH is 1. The van der Waals surface area contributed by atoms with Crippen LogP contribution in [0.15, 0.2) is 41.9 Å². The average molecular weight is 863 g/mol. The number of nitrogens with one attached hydrogen (secondary N) is 2. The van der Waals surface area contributed by atoms with Gasteiger partial charge in [0, 0.05) is 79.1 Å². The summed E-state index contributed by atoms with van der Waals surface area (Å²) in [6, 6.07) is 7.54. The molecule has 0 saturated carbocycles. The number of hydrazine groups is 1. The van der Waals surface area contributed by atoms with E-state index < -0.39 is 47.4 Å². The molecule has 0 aliphatic carbocycles. The molecule has 17 heteroatoms. The first kappa shape index (κ1) is 45.6. The Hall–Kier alpha value is -4.97. The van der Waals surface area contributed by atoms with Crippen molar-refractivity contribution >= 4 is 46.1 Å². The minimum absolute atomic E-state index is 0.0555. The first-order valence-corrected chi connectivity index (χ1v) is 21.9. The fourth-order valence-corrected chi connectivity index (χ4v) is 9.15. The molecule has 1 aromatic carbocycles. The number of carbonyl (C=O) groups is 4. The van der Waals surface area contributed by atoms with Crippen LogP contribution < -0.4 is 11.0 Å². The summed E-state index contributed by atoms with van der Waals surface area (Å²) in [5, 5.41) is 16.8. The molecule has 330 valence electrons. The van der Waals surface area contributed by atoms with Gasteiger partial charge in [-0.25, -0.2) is 14.8 Å². The number of cyclic esters (lactones) is 1. The number of likely N-dealkylation sites (tertiary alicyclic amines) is 1. The van der Waals surface area contributed by atoms with Crippen LogP contribution in [0.2, 0.25) is 0 Å². The summed E-state index contributed by atoms with van der Waals surface area (Å²) in [4.78, 5) is 67.0. The number of hydrogen-bond acceptors (Lipinski definition) is 11. The molecule has 3 N–H and O–H groups in total. The molecule has 1 saturated heterocycles. The zero-order valence-electron chi connectivity index (χ0n) is 36.4. The van der Waals surface area contributed by atoms with Gasteiger partial charge < -0.3 is 34.3 Å². The third kappa shape index (κ3) is 10.1. The Bertz CT molecular complexity index is 2220. The number of methoxy groups -OCH3 is 1. The Kier molecular flexibility index (Phi) is 14.5. The number of aromatic nitrogens is 3.